The van der Waals surface area contributed by atoms with Crippen molar-refractivity contribution in [2.45, 2.75) is 18.5 Å². The van der Waals surface area contributed by atoms with Gasteiger partial charge in [-0.2, -0.15) is 15.2 Å². The van der Waals surface area contributed by atoms with Crippen LogP contribution < -0.4 is 5.32 Å². The van der Waals surface area contributed by atoms with Gasteiger partial charge in [0, 0.05) is 35.6 Å². The smallest absolute Gasteiger partial charge is 0.344 e. The van der Waals surface area contributed by atoms with Gasteiger partial charge in [0.05, 0.1) is 6.07 Å². The molecule has 0 bridgehead atoms. The summed E-state index contributed by atoms with van der Waals surface area (Å²) in [5, 5.41) is 11.9. The van der Waals surface area contributed by atoms with E-state index in [1.54, 1.807) is 12.3 Å². The predicted octanol–water partition coefficient (Wildman–Crippen LogP) is 1.57. The summed E-state index contributed by atoms with van der Waals surface area (Å²) in [4.78, 5) is 8.17. The molecule has 0 saturated carbocycles. The van der Waals surface area contributed by atoms with Crippen LogP contribution in [0.2, 0.25) is 0 Å². The van der Waals surface area contributed by atoms with E-state index in [2.05, 4.69) is 15.3 Å². The Morgan fingerprint density at radius 3 is 3.00 bits per heavy atom. The maximum Gasteiger partial charge on any atom is 0.344 e. The van der Waals surface area contributed by atoms with E-state index in [1.165, 1.54) is 12.3 Å². The van der Waals surface area contributed by atoms with Crippen LogP contribution in [0, 0.1) is 11.3 Å². The molecule has 0 radical (unpaired) electrons. The molecular formula is C11H14N4OS. The molecule has 1 N–H and O–H groups in total. The normalized spacial score (nSPS) is 12.4. The van der Waals surface area contributed by atoms with Gasteiger partial charge in [-0.3, -0.25) is 0 Å². The molecule has 1 unspecified atom stereocenters. The third kappa shape index (κ3) is 4.06. The van der Waals surface area contributed by atoms with Crippen molar-refractivity contribution in [2.75, 3.05) is 18.1 Å². The van der Waals surface area contributed by atoms with E-state index < -0.39 is 11.2 Å². The molecule has 1 heterocycles. The number of rotatable bonds is 5. The zero-order valence-corrected chi connectivity index (χ0v) is 10.6. The zero-order chi connectivity index (χ0) is 12.7. The Morgan fingerprint density at radius 1 is 1.65 bits per heavy atom. The molecule has 0 aromatic carbocycles. The molecule has 0 saturated heterocycles. The molecule has 1 rings (SSSR count). The molecule has 0 amide bonds. The summed E-state index contributed by atoms with van der Waals surface area (Å²) >= 11 is -1.21. The van der Waals surface area contributed by atoms with Gasteiger partial charge in [0.25, 0.3) is 0 Å². The van der Waals surface area contributed by atoms with Crippen molar-refractivity contribution in [3.8, 4) is 6.07 Å². The molecule has 0 fully saturated rings. The standard InChI is InChI=1S/C11H14N4OS/c1-3-7-13-10-9(5-4-6-12)8-14-11(15-10)17(2)16/h4-5,8H,3,7H2,1-2H3,(H,13,14,15). The Labute approximate surface area is 104 Å². The van der Waals surface area contributed by atoms with Crippen molar-refractivity contribution in [3.05, 3.63) is 17.8 Å². The average molecular weight is 250 g/mol. The minimum Gasteiger partial charge on any atom is -0.609 e. The molecule has 1 atom stereocenters. The molecule has 0 aliphatic heterocycles. The molecular weight excluding hydrogens is 236 g/mol. The summed E-state index contributed by atoms with van der Waals surface area (Å²) in [5.41, 5.74) is 0.717. The lowest BCUT2D eigenvalue weighted by molar-refractivity contribution is 0.592. The average Bonchev–Trinajstić information content (AvgIpc) is 2.34. The lowest BCUT2D eigenvalue weighted by atomic mass is 10.3. The van der Waals surface area contributed by atoms with Crippen molar-refractivity contribution in [3.63, 3.8) is 0 Å². The van der Waals surface area contributed by atoms with Gasteiger partial charge in [0.15, 0.2) is 0 Å². The van der Waals surface area contributed by atoms with E-state index in [1.807, 2.05) is 13.0 Å². The van der Waals surface area contributed by atoms with E-state index in [-0.39, 0.29) is 5.16 Å². The second-order valence-electron chi connectivity index (χ2n) is 3.30. The summed E-state index contributed by atoms with van der Waals surface area (Å²) in [6, 6.07) is 1.91. The van der Waals surface area contributed by atoms with Crippen LogP contribution in [0.4, 0.5) is 5.82 Å². The van der Waals surface area contributed by atoms with E-state index in [0.717, 1.165) is 13.0 Å². The summed E-state index contributed by atoms with van der Waals surface area (Å²) in [6.45, 7) is 2.80. The van der Waals surface area contributed by atoms with Crippen LogP contribution >= 0.6 is 0 Å². The second-order valence-corrected chi connectivity index (χ2v) is 4.57. The molecule has 6 heteroatoms. The van der Waals surface area contributed by atoms with Crippen LogP contribution in [0.3, 0.4) is 0 Å². The van der Waals surface area contributed by atoms with Crippen LogP contribution in [0.1, 0.15) is 18.9 Å². The van der Waals surface area contributed by atoms with Gasteiger partial charge in [0.2, 0.25) is 0 Å². The van der Waals surface area contributed by atoms with Crippen LogP contribution in [0.5, 0.6) is 0 Å². The lowest BCUT2D eigenvalue weighted by Gasteiger charge is -2.09. The van der Waals surface area contributed by atoms with Gasteiger partial charge in [0.1, 0.15) is 12.1 Å². The monoisotopic (exact) mass is 250 g/mol. The number of hydrogen-bond acceptors (Lipinski definition) is 5. The topological polar surface area (TPSA) is 84.7 Å². The summed E-state index contributed by atoms with van der Waals surface area (Å²) in [7, 11) is 0. The molecule has 0 spiro atoms. The molecule has 0 aliphatic rings. The van der Waals surface area contributed by atoms with Gasteiger partial charge < -0.3 is 9.87 Å². The second kappa shape index (κ2) is 6.89. The third-order valence-electron chi connectivity index (χ3n) is 1.93. The predicted molar refractivity (Wildman–Crippen MR) is 67.8 cm³/mol. The van der Waals surface area contributed by atoms with E-state index >= 15 is 0 Å². The molecule has 90 valence electrons. The Morgan fingerprint density at radius 2 is 2.41 bits per heavy atom. The lowest BCUT2D eigenvalue weighted by Crippen LogP contribution is -2.10. The van der Waals surface area contributed by atoms with Crippen molar-refractivity contribution >= 4 is 23.1 Å². The maximum absolute atomic E-state index is 11.3. The van der Waals surface area contributed by atoms with E-state index in [0.29, 0.717) is 11.4 Å². The number of nitriles is 1. The van der Waals surface area contributed by atoms with Crippen molar-refractivity contribution in [1.82, 2.24) is 9.97 Å². The van der Waals surface area contributed by atoms with Crippen LogP contribution in [-0.2, 0) is 11.2 Å². The van der Waals surface area contributed by atoms with Crippen molar-refractivity contribution in [2.24, 2.45) is 0 Å². The van der Waals surface area contributed by atoms with Gasteiger partial charge in [-0.15, -0.1) is 0 Å². The highest BCUT2D eigenvalue weighted by molar-refractivity contribution is 7.90. The number of anilines is 1. The van der Waals surface area contributed by atoms with Crippen molar-refractivity contribution < 1.29 is 4.55 Å². The molecule has 0 aliphatic carbocycles. The largest absolute Gasteiger partial charge is 0.609 e. The maximum atomic E-state index is 11.3. The van der Waals surface area contributed by atoms with Crippen LogP contribution in [0.25, 0.3) is 6.08 Å². The van der Waals surface area contributed by atoms with Gasteiger partial charge in [-0.25, -0.2) is 0 Å². The highest BCUT2D eigenvalue weighted by Crippen LogP contribution is 2.15. The molecule has 17 heavy (non-hydrogen) atoms. The number of aromatic nitrogens is 2. The SMILES string of the molecule is CCCNc1nc([S+](C)[O-])ncc1C=CC#N. The van der Waals surface area contributed by atoms with Gasteiger partial charge in [-0.1, -0.05) is 6.92 Å². The molecule has 1 aromatic heterocycles. The Kier molecular flexibility index (Phi) is 5.46. The van der Waals surface area contributed by atoms with Crippen LogP contribution in [0.15, 0.2) is 17.4 Å². The first-order chi connectivity index (χ1) is 8.19. The summed E-state index contributed by atoms with van der Waals surface area (Å²) in [6.07, 6.45) is 7.04. The zero-order valence-electron chi connectivity index (χ0n) is 9.80. The molecule has 5 nitrogen and oxygen atoms in total. The first kappa shape index (κ1) is 13.5. The van der Waals surface area contributed by atoms with Gasteiger partial charge >= 0.3 is 5.16 Å². The highest BCUT2D eigenvalue weighted by Gasteiger charge is 2.11. The van der Waals surface area contributed by atoms with Crippen LogP contribution in [-0.4, -0.2) is 27.3 Å². The minimum atomic E-state index is -1.21. The van der Waals surface area contributed by atoms with Gasteiger partial charge in [-0.05, 0) is 12.5 Å². The Bertz CT molecular complexity index is 440. The third-order valence-corrected chi connectivity index (χ3v) is 2.64. The Balaban J connectivity index is 3.03. The number of nitrogens with zero attached hydrogens (tertiary/aromatic N) is 3. The van der Waals surface area contributed by atoms with Crippen molar-refractivity contribution in [1.29, 1.82) is 5.26 Å². The first-order valence-electron chi connectivity index (χ1n) is 5.19. The number of hydrogen-bond donors (Lipinski definition) is 1. The van der Waals surface area contributed by atoms with E-state index in [9.17, 15) is 4.55 Å². The number of nitrogens with one attached hydrogen (secondary N) is 1. The molecule has 1 aromatic rings. The minimum absolute atomic E-state index is 0.290. The quantitative estimate of drug-likeness (QED) is 0.487. The first-order valence-corrected chi connectivity index (χ1v) is 6.75. The fourth-order valence-electron chi connectivity index (χ4n) is 1.15. The van der Waals surface area contributed by atoms with E-state index in [4.69, 9.17) is 5.26 Å². The summed E-state index contributed by atoms with van der Waals surface area (Å²) in [5.74, 6) is 0.610. The fraction of sp³-hybridized carbons (Fsp3) is 0.364. The Hall–Kier alpha value is -1.58. The number of allylic oxidation sites excluding steroid dienone is 1. The fourth-order valence-corrected chi connectivity index (χ4v) is 1.57. The highest BCUT2D eigenvalue weighted by atomic mass is 32.2. The summed E-state index contributed by atoms with van der Waals surface area (Å²) < 4.78 is 11.3.